The summed E-state index contributed by atoms with van der Waals surface area (Å²) in [6, 6.07) is 5.65. The van der Waals surface area contributed by atoms with Gasteiger partial charge in [0.15, 0.2) is 0 Å². The highest BCUT2D eigenvalue weighted by Crippen LogP contribution is 2.30. The summed E-state index contributed by atoms with van der Waals surface area (Å²) >= 11 is 0. The summed E-state index contributed by atoms with van der Waals surface area (Å²) in [6.07, 6.45) is 2.08. The van der Waals surface area contributed by atoms with Gasteiger partial charge in [0.05, 0.1) is 18.1 Å². The molecule has 0 atom stereocenters. The number of piperidine rings is 1. The van der Waals surface area contributed by atoms with Crippen molar-refractivity contribution in [1.29, 1.82) is 0 Å². The number of nitrogens with zero attached hydrogens (tertiary/aromatic N) is 2. The van der Waals surface area contributed by atoms with E-state index in [2.05, 4.69) is 14.9 Å². The third-order valence-electron chi connectivity index (χ3n) is 3.48. The maximum absolute atomic E-state index is 13.2. The zero-order valence-corrected chi connectivity index (χ0v) is 10.3. The largest absolute Gasteiger partial charge is 0.468 e. The molecule has 1 aromatic heterocycles. The smallest absolute Gasteiger partial charge is 0.297 e. The van der Waals surface area contributed by atoms with Crippen LogP contribution >= 0.6 is 0 Å². The second-order valence-electron chi connectivity index (χ2n) is 4.58. The monoisotopic (exact) mass is 249 g/mol. The molecule has 1 aliphatic rings. The maximum Gasteiger partial charge on any atom is 0.297 e. The Morgan fingerprint density at radius 2 is 2.17 bits per heavy atom. The summed E-state index contributed by atoms with van der Waals surface area (Å²) in [4.78, 5) is 4.35. The SMILES string of the molecule is COc1nc2cc(F)ccc2n1C1CCNCC1. The van der Waals surface area contributed by atoms with Gasteiger partial charge in [-0.15, -0.1) is 0 Å². The van der Waals surface area contributed by atoms with E-state index in [9.17, 15) is 4.39 Å². The van der Waals surface area contributed by atoms with Crippen LogP contribution in [0, 0.1) is 5.82 Å². The van der Waals surface area contributed by atoms with Crippen molar-refractivity contribution in [3.8, 4) is 6.01 Å². The molecule has 1 saturated heterocycles. The number of rotatable bonds is 2. The first-order valence-corrected chi connectivity index (χ1v) is 6.22. The van der Waals surface area contributed by atoms with E-state index in [0.29, 0.717) is 17.6 Å². The lowest BCUT2D eigenvalue weighted by molar-refractivity contribution is 0.306. The summed E-state index contributed by atoms with van der Waals surface area (Å²) in [5.74, 6) is -0.264. The van der Waals surface area contributed by atoms with Gasteiger partial charge in [-0.3, -0.25) is 4.57 Å². The summed E-state index contributed by atoms with van der Waals surface area (Å²) in [5, 5.41) is 3.34. The third kappa shape index (κ3) is 1.84. The molecule has 3 rings (SSSR count). The second kappa shape index (κ2) is 4.57. The van der Waals surface area contributed by atoms with Gasteiger partial charge in [0.2, 0.25) is 0 Å². The Balaban J connectivity index is 2.12. The summed E-state index contributed by atoms with van der Waals surface area (Å²) in [7, 11) is 1.61. The Morgan fingerprint density at radius 1 is 1.39 bits per heavy atom. The van der Waals surface area contributed by atoms with Gasteiger partial charge in [-0.1, -0.05) is 0 Å². The van der Waals surface area contributed by atoms with Gasteiger partial charge >= 0.3 is 0 Å². The van der Waals surface area contributed by atoms with Crippen LogP contribution in [-0.2, 0) is 0 Å². The fraction of sp³-hybridized carbons (Fsp3) is 0.462. The number of nitrogens with one attached hydrogen (secondary N) is 1. The molecular weight excluding hydrogens is 233 g/mol. The molecule has 0 aliphatic carbocycles. The molecule has 1 aliphatic heterocycles. The molecule has 4 nitrogen and oxygen atoms in total. The lowest BCUT2D eigenvalue weighted by atomic mass is 10.1. The van der Waals surface area contributed by atoms with Gasteiger partial charge in [-0.2, -0.15) is 4.98 Å². The second-order valence-corrected chi connectivity index (χ2v) is 4.58. The number of hydrogen-bond acceptors (Lipinski definition) is 3. The van der Waals surface area contributed by atoms with Crippen molar-refractivity contribution in [3.05, 3.63) is 24.0 Å². The normalized spacial score (nSPS) is 17.2. The van der Waals surface area contributed by atoms with E-state index in [4.69, 9.17) is 4.74 Å². The fourth-order valence-corrected chi connectivity index (χ4v) is 2.61. The van der Waals surface area contributed by atoms with Crippen LogP contribution in [0.4, 0.5) is 4.39 Å². The van der Waals surface area contributed by atoms with E-state index in [1.165, 1.54) is 12.1 Å². The number of hydrogen-bond donors (Lipinski definition) is 1. The van der Waals surface area contributed by atoms with Gasteiger partial charge < -0.3 is 10.1 Å². The van der Waals surface area contributed by atoms with Crippen molar-refractivity contribution >= 4 is 11.0 Å². The Hall–Kier alpha value is -1.62. The van der Waals surface area contributed by atoms with Gasteiger partial charge in [-0.25, -0.2) is 4.39 Å². The molecule has 2 heterocycles. The molecule has 5 heteroatoms. The Kier molecular flexibility index (Phi) is 2.91. The quantitative estimate of drug-likeness (QED) is 0.886. The molecule has 0 saturated carbocycles. The number of methoxy groups -OCH3 is 1. The molecule has 18 heavy (non-hydrogen) atoms. The minimum Gasteiger partial charge on any atom is -0.468 e. The summed E-state index contributed by atoms with van der Waals surface area (Å²) < 4.78 is 20.6. The molecular formula is C13H16FN3O. The van der Waals surface area contributed by atoms with Gasteiger partial charge in [-0.05, 0) is 38.1 Å². The number of ether oxygens (including phenoxy) is 1. The van der Waals surface area contributed by atoms with Crippen LogP contribution in [-0.4, -0.2) is 29.8 Å². The van der Waals surface area contributed by atoms with Crippen LogP contribution < -0.4 is 10.1 Å². The highest BCUT2D eigenvalue weighted by Gasteiger charge is 2.21. The molecule has 0 spiro atoms. The Labute approximate surface area is 105 Å². The van der Waals surface area contributed by atoms with Crippen LogP contribution in [0.3, 0.4) is 0 Å². The maximum atomic E-state index is 13.2. The molecule has 0 amide bonds. The molecule has 0 unspecified atom stereocenters. The topological polar surface area (TPSA) is 39.1 Å². The number of benzene rings is 1. The van der Waals surface area contributed by atoms with Crippen molar-refractivity contribution in [1.82, 2.24) is 14.9 Å². The van der Waals surface area contributed by atoms with Crippen LogP contribution in [0.1, 0.15) is 18.9 Å². The van der Waals surface area contributed by atoms with Crippen LogP contribution in [0.2, 0.25) is 0 Å². The first-order valence-electron chi connectivity index (χ1n) is 6.22. The molecule has 96 valence electrons. The number of aromatic nitrogens is 2. The van der Waals surface area contributed by atoms with Crippen molar-refractivity contribution in [2.45, 2.75) is 18.9 Å². The molecule has 0 bridgehead atoms. The minimum absolute atomic E-state index is 0.264. The number of fused-ring (bicyclic) bond motifs is 1. The van der Waals surface area contributed by atoms with Crippen LogP contribution in [0.15, 0.2) is 18.2 Å². The van der Waals surface area contributed by atoms with E-state index < -0.39 is 0 Å². The average molecular weight is 249 g/mol. The standard InChI is InChI=1S/C13H16FN3O/c1-18-13-16-11-8-9(14)2-3-12(11)17(13)10-4-6-15-7-5-10/h2-3,8,10,15H,4-7H2,1H3. The van der Waals surface area contributed by atoms with E-state index in [0.717, 1.165) is 31.4 Å². The minimum atomic E-state index is -0.264. The number of imidazole rings is 1. The molecule has 0 radical (unpaired) electrons. The third-order valence-corrected chi connectivity index (χ3v) is 3.48. The van der Waals surface area contributed by atoms with Crippen molar-refractivity contribution in [2.24, 2.45) is 0 Å². The first kappa shape index (κ1) is 11.5. The number of halogens is 1. The zero-order chi connectivity index (χ0) is 12.5. The van der Waals surface area contributed by atoms with Crippen molar-refractivity contribution in [2.75, 3.05) is 20.2 Å². The highest BCUT2D eigenvalue weighted by atomic mass is 19.1. The van der Waals surface area contributed by atoms with Gasteiger partial charge in [0.1, 0.15) is 5.82 Å². The molecule has 1 fully saturated rings. The Bertz CT molecular complexity index is 561. The molecule has 2 aromatic rings. The van der Waals surface area contributed by atoms with Gasteiger partial charge in [0, 0.05) is 12.1 Å². The average Bonchev–Trinajstić information content (AvgIpc) is 2.77. The van der Waals surface area contributed by atoms with Crippen molar-refractivity contribution < 1.29 is 9.13 Å². The molecule has 1 aromatic carbocycles. The summed E-state index contributed by atoms with van der Waals surface area (Å²) in [6.45, 7) is 1.99. The predicted octanol–water partition coefficient (Wildman–Crippen LogP) is 2.11. The zero-order valence-electron chi connectivity index (χ0n) is 10.3. The Morgan fingerprint density at radius 3 is 2.89 bits per heavy atom. The van der Waals surface area contributed by atoms with Gasteiger partial charge in [0.25, 0.3) is 6.01 Å². The predicted molar refractivity (Wildman–Crippen MR) is 67.4 cm³/mol. The van der Waals surface area contributed by atoms with Crippen molar-refractivity contribution in [3.63, 3.8) is 0 Å². The first-order chi connectivity index (χ1) is 8.79. The van der Waals surface area contributed by atoms with E-state index >= 15 is 0 Å². The molecule has 1 N–H and O–H groups in total. The van der Waals surface area contributed by atoms with E-state index in [-0.39, 0.29) is 5.82 Å². The van der Waals surface area contributed by atoms with Crippen LogP contribution in [0.25, 0.3) is 11.0 Å². The fourth-order valence-electron chi connectivity index (χ4n) is 2.61. The van der Waals surface area contributed by atoms with E-state index in [1.54, 1.807) is 13.2 Å². The van der Waals surface area contributed by atoms with E-state index in [1.807, 2.05) is 0 Å². The lowest BCUT2D eigenvalue weighted by Crippen LogP contribution is -2.29. The lowest BCUT2D eigenvalue weighted by Gasteiger charge is -2.25. The highest BCUT2D eigenvalue weighted by molar-refractivity contribution is 5.77. The van der Waals surface area contributed by atoms with Crippen LogP contribution in [0.5, 0.6) is 6.01 Å². The summed E-state index contributed by atoms with van der Waals surface area (Å²) in [5.41, 5.74) is 1.60.